The number of nitrogens with zero attached hydrogens (tertiary/aromatic N) is 2. The Morgan fingerprint density at radius 3 is 2.72 bits per heavy atom. The van der Waals surface area contributed by atoms with Crippen molar-refractivity contribution in [2.75, 3.05) is 18.5 Å². The molecule has 0 amide bonds. The van der Waals surface area contributed by atoms with E-state index in [9.17, 15) is 4.79 Å². The number of rotatable bonds is 6. The van der Waals surface area contributed by atoms with E-state index in [-0.39, 0.29) is 23.6 Å². The Morgan fingerprint density at radius 1 is 1.50 bits per heavy atom. The van der Waals surface area contributed by atoms with Gasteiger partial charge in [0.25, 0.3) is 5.56 Å². The van der Waals surface area contributed by atoms with Crippen molar-refractivity contribution in [1.82, 2.24) is 9.55 Å². The number of hydrogen-bond donors (Lipinski definition) is 2. The Morgan fingerprint density at radius 2 is 2.17 bits per heavy atom. The van der Waals surface area contributed by atoms with Crippen LogP contribution in [0.25, 0.3) is 0 Å². The van der Waals surface area contributed by atoms with E-state index < -0.39 is 0 Å². The van der Waals surface area contributed by atoms with Gasteiger partial charge < -0.3 is 15.0 Å². The summed E-state index contributed by atoms with van der Waals surface area (Å²) in [6.45, 7) is 8.76. The number of aliphatic hydroxyl groups is 1. The van der Waals surface area contributed by atoms with Crippen molar-refractivity contribution < 1.29 is 5.11 Å². The molecule has 5 nitrogen and oxygen atoms in total. The first-order chi connectivity index (χ1) is 8.37. The maximum atomic E-state index is 12.1. The van der Waals surface area contributed by atoms with E-state index in [1.54, 1.807) is 17.0 Å². The Kier molecular flexibility index (Phi) is 4.90. The molecule has 0 aliphatic heterocycles. The van der Waals surface area contributed by atoms with E-state index >= 15 is 0 Å². The van der Waals surface area contributed by atoms with Crippen LogP contribution in [-0.2, 0) is 0 Å². The number of hydrogen-bond acceptors (Lipinski definition) is 4. The summed E-state index contributed by atoms with van der Waals surface area (Å²) in [5, 5.41) is 12.0. The fraction of sp³-hybridized carbons (Fsp3) is 0.692. The van der Waals surface area contributed by atoms with Gasteiger partial charge in [-0.3, -0.25) is 4.79 Å². The van der Waals surface area contributed by atoms with Gasteiger partial charge in [-0.05, 0) is 25.7 Å². The third kappa shape index (κ3) is 3.84. The molecule has 0 aliphatic carbocycles. The molecule has 0 aromatic carbocycles. The van der Waals surface area contributed by atoms with E-state index in [0.717, 1.165) is 0 Å². The second-order valence-electron chi connectivity index (χ2n) is 5.57. The van der Waals surface area contributed by atoms with E-state index in [0.29, 0.717) is 18.8 Å². The van der Waals surface area contributed by atoms with Crippen LogP contribution in [0.15, 0.2) is 17.2 Å². The Labute approximate surface area is 108 Å². The van der Waals surface area contributed by atoms with Gasteiger partial charge in [0, 0.05) is 31.6 Å². The summed E-state index contributed by atoms with van der Waals surface area (Å²) in [5.41, 5.74) is -0.172. The largest absolute Gasteiger partial charge is 0.396 e. The molecular formula is C13H23N3O2. The Balaban J connectivity index is 2.80. The zero-order chi connectivity index (χ0) is 13.8. The molecule has 0 radical (unpaired) electrons. The van der Waals surface area contributed by atoms with Gasteiger partial charge in [-0.2, -0.15) is 0 Å². The summed E-state index contributed by atoms with van der Waals surface area (Å²) in [6.07, 6.45) is 4.00. The lowest BCUT2D eigenvalue weighted by molar-refractivity contribution is 0.220. The fourth-order valence-electron chi connectivity index (χ4n) is 1.67. The van der Waals surface area contributed by atoms with Gasteiger partial charge >= 0.3 is 0 Å². The third-order valence-electron chi connectivity index (χ3n) is 2.95. The van der Waals surface area contributed by atoms with Crippen LogP contribution >= 0.6 is 0 Å². The summed E-state index contributed by atoms with van der Waals surface area (Å²) in [6, 6.07) is 0.117. The highest BCUT2D eigenvalue weighted by molar-refractivity contribution is 5.31. The van der Waals surface area contributed by atoms with Crippen LogP contribution in [-0.4, -0.2) is 27.8 Å². The first-order valence-corrected chi connectivity index (χ1v) is 6.29. The van der Waals surface area contributed by atoms with Gasteiger partial charge in [-0.25, -0.2) is 4.98 Å². The zero-order valence-corrected chi connectivity index (χ0v) is 11.6. The average molecular weight is 253 g/mol. The number of anilines is 1. The lowest BCUT2D eigenvalue weighted by Gasteiger charge is -2.24. The highest BCUT2D eigenvalue weighted by atomic mass is 16.3. The van der Waals surface area contributed by atoms with Crippen molar-refractivity contribution in [3.05, 3.63) is 22.7 Å². The molecule has 5 heteroatoms. The standard InChI is InChI=1S/C13H23N3O2/c1-10(2)16-7-6-14-11(12(16)18)15-9-13(3,4)5-8-17/h6-7,10,17H,5,8-9H2,1-4H3,(H,14,15). The van der Waals surface area contributed by atoms with Crippen LogP contribution in [0.2, 0.25) is 0 Å². The van der Waals surface area contributed by atoms with Crippen LogP contribution in [0.4, 0.5) is 5.82 Å². The first kappa shape index (κ1) is 14.7. The average Bonchev–Trinajstić information content (AvgIpc) is 2.27. The lowest BCUT2D eigenvalue weighted by Crippen LogP contribution is -2.30. The van der Waals surface area contributed by atoms with Crippen molar-refractivity contribution in [1.29, 1.82) is 0 Å². The molecule has 0 saturated heterocycles. The van der Waals surface area contributed by atoms with Crippen molar-refractivity contribution >= 4 is 5.82 Å². The van der Waals surface area contributed by atoms with Crippen LogP contribution in [0.3, 0.4) is 0 Å². The van der Waals surface area contributed by atoms with Gasteiger partial charge in [0.2, 0.25) is 0 Å². The van der Waals surface area contributed by atoms with E-state index in [4.69, 9.17) is 5.11 Å². The minimum Gasteiger partial charge on any atom is -0.396 e. The van der Waals surface area contributed by atoms with Gasteiger partial charge in [-0.1, -0.05) is 13.8 Å². The minimum atomic E-state index is -0.104. The van der Waals surface area contributed by atoms with Gasteiger partial charge in [-0.15, -0.1) is 0 Å². The van der Waals surface area contributed by atoms with Crippen LogP contribution in [0.1, 0.15) is 40.2 Å². The molecule has 18 heavy (non-hydrogen) atoms. The molecular weight excluding hydrogens is 230 g/mol. The molecule has 1 heterocycles. The number of aromatic nitrogens is 2. The van der Waals surface area contributed by atoms with Crippen molar-refractivity contribution in [2.24, 2.45) is 5.41 Å². The summed E-state index contributed by atoms with van der Waals surface area (Å²) >= 11 is 0. The molecule has 0 spiro atoms. The molecule has 0 aliphatic rings. The normalized spacial score (nSPS) is 11.9. The third-order valence-corrected chi connectivity index (χ3v) is 2.95. The number of nitrogens with one attached hydrogen (secondary N) is 1. The topological polar surface area (TPSA) is 67.2 Å². The smallest absolute Gasteiger partial charge is 0.293 e. The second-order valence-corrected chi connectivity index (χ2v) is 5.57. The van der Waals surface area contributed by atoms with Crippen LogP contribution < -0.4 is 10.9 Å². The molecule has 1 aromatic heterocycles. The van der Waals surface area contributed by atoms with Gasteiger partial charge in [0.05, 0.1) is 0 Å². The maximum Gasteiger partial charge on any atom is 0.293 e. The summed E-state index contributed by atoms with van der Waals surface area (Å²) in [4.78, 5) is 16.2. The molecule has 0 unspecified atom stereocenters. The molecule has 0 fully saturated rings. The molecule has 2 N–H and O–H groups in total. The van der Waals surface area contributed by atoms with Crippen molar-refractivity contribution in [3.8, 4) is 0 Å². The van der Waals surface area contributed by atoms with Gasteiger partial charge in [0.1, 0.15) is 0 Å². The predicted molar refractivity (Wildman–Crippen MR) is 72.9 cm³/mol. The van der Waals surface area contributed by atoms with E-state index in [1.807, 2.05) is 27.7 Å². The highest BCUT2D eigenvalue weighted by Gasteiger charge is 2.18. The monoisotopic (exact) mass is 253 g/mol. The predicted octanol–water partition coefficient (Wildman–Crippen LogP) is 1.64. The quantitative estimate of drug-likeness (QED) is 0.809. The summed E-state index contributed by atoms with van der Waals surface area (Å²) in [7, 11) is 0. The Hall–Kier alpha value is -1.36. The SMILES string of the molecule is CC(C)n1ccnc(NCC(C)(C)CCO)c1=O. The molecule has 0 bridgehead atoms. The van der Waals surface area contributed by atoms with Crippen molar-refractivity contribution in [2.45, 2.75) is 40.2 Å². The molecule has 1 rings (SSSR count). The molecule has 102 valence electrons. The molecule has 0 atom stereocenters. The maximum absolute atomic E-state index is 12.1. The number of aliphatic hydroxyl groups excluding tert-OH is 1. The molecule has 0 saturated carbocycles. The van der Waals surface area contributed by atoms with Crippen LogP contribution in [0.5, 0.6) is 0 Å². The fourth-order valence-corrected chi connectivity index (χ4v) is 1.67. The zero-order valence-electron chi connectivity index (χ0n) is 11.6. The van der Waals surface area contributed by atoms with Crippen LogP contribution in [0, 0.1) is 5.41 Å². The first-order valence-electron chi connectivity index (χ1n) is 6.29. The minimum absolute atomic E-state index is 0.0681. The second kappa shape index (κ2) is 6.00. The summed E-state index contributed by atoms with van der Waals surface area (Å²) in [5.74, 6) is 0.372. The van der Waals surface area contributed by atoms with E-state index in [2.05, 4.69) is 10.3 Å². The lowest BCUT2D eigenvalue weighted by atomic mass is 9.90. The van der Waals surface area contributed by atoms with Crippen molar-refractivity contribution in [3.63, 3.8) is 0 Å². The Bertz CT molecular complexity index is 438. The van der Waals surface area contributed by atoms with E-state index in [1.165, 1.54) is 0 Å². The summed E-state index contributed by atoms with van der Waals surface area (Å²) < 4.78 is 1.65. The highest BCUT2D eigenvalue weighted by Crippen LogP contribution is 2.19. The molecule has 1 aromatic rings. The van der Waals surface area contributed by atoms with Gasteiger partial charge in [0.15, 0.2) is 5.82 Å².